The van der Waals surface area contributed by atoms with Crippen molar-refractivity contribution in [3.63, 3.8) is 0 Å². The van der Waals surface area contributed by atoms with Gasteiger partial charge in [0.25, 0.3) is 0 Å². The third kappa shape index (κ3) is 3.50. The fourth-order valence-corrected chi connectivity index (χ4v) is 1.76. The first-order valence-electron chi connectivity index (χ1n) is 5.71. The Morgan fingerprint density at radius 2 is 2.59 bits per heavy atom. The van der Waals surface area contributed by atoms with Crippen LogP contribution in [0.4, 0.5) is 0 Å². The molecule has 0 saturated carbocycles. The van der Waals surface area contributed by atoms with Crippen molar-refractivity contribution in [2.45, 2.75) is 19.5 Å². The standard InChI is InChI=1S/C10H17N5O2/c11-3-10(16)12-4-9-6-15(14-13-9)5-8-1-2-17-7-8/h6,8H,1-5,7,11H2,(H,12,16). The SMILES string of the molecule is NCC(=O)NCc1cn(CC2CCOC2)nn1. The van der Waals surface area contributed by atoms with Crippen molar-refractivity contribution >= 4 is 5.91 Å². The third-order valence-electron chi connectivity index (χ3n) is 2.71. The predicted molar refractivity (Wildman–Crippen MR) is 59.8 cm³/mol. The van der Waals surface area contributed by atoms with Gasteiger partial charge in [-0.1, -0.05) is 5.21 Å². The first-order chi connectivity index (χ1) is 8.28. The molecule has 1 aromatic rings. The van der Waals surface area contributed by atoms with Crippen molar-refractivity contribution in [1.82, 2.24) is 20.3 Å². The average Bonchev–Trinajstić information content (AvgIpc) is 2.98. The topological polar surface area (TPSA) is 95.1 Å². The molecule has 1 aromatic heterocycles. The van der Waals surface area contributed by atoms with E-state index in [2.05, 4.69) is 15.6 Å². The lowest BCUT2D eigenvalue weighted by Crippen LogP contribution is -2.29. The Morgan fingerprint density at radius 1 is 1.71 bits per heavy atom. The Kier molecular flexibility index (Phi) is 4.05. The lowest BCUT2D eigenvalue weighted by atomic mass is 10.1. The number of carbonyl (C=O) groups excluding carboxylic acids is 1. The summed E-state index contributed by atoms with van der Waals surface area (Å²) in [6.45, 7) is 2.81. The Labute approximate surface area is 99.3 Å². The summed E-state index contributed by atoms with van der Waals surface area (Å²) in [5.41, 5.74) is 5.92. The number of carbonyl (C=O) groups is 1. The third-order valence-corrected chi connectivity index (χ3v) is 2.71. The number of ether oxygens (including phenoxy) is 1. The molecule has 0 aliphatic carbocycles. The molecule has 1 unspecified atom stereocenters. The van der Waals surface area contributed by atoms with E-state index in [4.69, 9.17) is 10.5 Å². The molecule has 7 heteroatoms. The number of nitrogens with zero attached hydrogens (tertiary/aromatic N) is 3. The van der Waals surface area contributed by atoms with Crippen LogP contribution in [0.3, 0.4) is 0 Å². The number of rotatable bonds is 5. The van der Waals surface area contributed by atoms with E-state index >= 15 is 0 Å². The Morgan fingerprint density at radius 3 is 3.29 bits per heavy atom. The maximum atomic E-state index is 11.0. The molecule has 0 aromatic carbocycles. The van der Waals surface area contributed by atoms with Gasteiger partial charge in [0.2, 0.25) is 5.91 Å². The molecular formula is C10H17N5O2. The van der Waals surface area contributed by atoms with Crippen molar-refractivity contribution in [2.75, 3.05) is 19.8 Å². The zero-order chi connectivity index (χ0) is 12.1. The van der Waals surface area contributed by atoms with Gasteiger partial charge in [0, 0.05) is 19.1 Å². The number of aromatic nitrogens is 3. The van der Waals surface area contributed by atoms with Gasteiger partial charge in [-0.25, -0.2) is 0 Å². The zero-order valence-corrected chi connectivity index (χ0v) is 9.63. The Bertz CT molecular complexity index is 373. The lowest BCUT2D eigenvalue weighted by molar-refractivity contribution is -0.119. The number of nitrogens with two attached hydrogens (primary N) is 1. The normalized spacial score (nSPS) is 19.5. The van der Waals surface area contributed by atoms with Gasteiger partial charge in [-0.2, -0.15) is 0 Å². The van der Waals surface area contributed by atoms with Crippen LogP contribution >= 0.6 is 0 Å². The molecule has 1 atom stereocenters. The van der Waals surface area contributed by atoms with E-state index < -0.39 is 0 Å². The van der Waals surface area contributed by atoms with Crippen molar-refractivity contribution in [3.05, 3.63) is 11.9 Å². The van der Waals surface area contributed by atoms with E-state index in [0.29, 0.717) is 12.5 Å². The quantitative estimate of drug-likeness (QED) is 0.679. The second-order valence-corrected chi connectivity index (χ2v) is 4.14. The summed E-state index contributed by atoms with van der Waals surface area (Å²) in [6.07, 6.45) is 2.91. The smallest absolute Gasteiger partial charge is 0.234 e. The first kappa shape index (κ1) is 12.0. The largest absolute Gasteiger partial charge is 0.381 e. The summed E-state index contributed by atoms with van der Waals surface area (Å²) in [4.78, 5) is 11.0. The number of nitrogens with one attached hydrogen (secondary N) is 1. The summed E-state index contributed by atoms with van der Waals surface area (Å²) in [6, 6.07) is 0. The van der Waals surface area contributed by atoms with Crippen LogP contribution in [-0.2, 0) is 22.6 Å². The molecule has 1 aliphatic rings. The van der Waals surface area contributed by atoms with Crippen molar-refractivity contribution in [2.24, 2.45) is 11.7 Å². The van der Waals surface area contributed by atoms with Gasteiger partial charge in [-0.05, 0) is 6.42 Å². The highest BCUT2D eigenvalue weighted by Gasteiger charge is 2.16. The van der Waals surface area contributed by atoms with Gasteiger partial charge in [-0.15, -0.1) is 5.10 Å². The molecule has 0 bridgehead atoms. The van der Waals surface area contributed by atoms with Gasteiger partial charge in [-0.3, -0.25) is 9.48 Å². The van der Waals surface area contributed by atoms with Crippen molar-refractivity contribution in [1.29, 1.82) is 0 Å². The number of amides is 1. The fraction of sp³-hybridized carbons (Fsp3) is 0.700. The number of hydrogen-bond acceptors (Lipinski definition) is 5. The molecule has 7 nitrogen and oxygen atoms in total. The Hall–Kier alpha value is -1.47. The molecule has 1 amide bonds. The summed E-state index contributed by atoms with van der Waals surface area (Å²) >= 11 is 0. The Balaban J connectivity index is 1.80. The monoisotopic (exact) mass is 239 g/mol. The molecule has 94 valence electrons. The highest BCUT2D eigenvalue weighted by Crippen LogP contribution is 2.13. The first-order valence-corrected chi connectivity index (χ1v) is 5.71. The molecule has 2 heterocycles. The number of hydrogen-bond donors (Lipinski definition) is 2. The summed E-state index contributed by atoms with van der Waals surface area (Å²) in [5, 5.41) is 10.6. The molecule has 17 heavy (non-hydrogen) atoms. The van der Waals surface area contributed by atoms with Crippen LogP contribution < -0.4 is 11.1 Å². The van der Waals surface area contributed by atoms with Gasteiger partial charge in [0.15, 0.2) is 0 Å². The van der Waals surface area contributed by atoms with Crippen LogP contribution in [0.2, 0.25) is 0 Å². The summed E-state index contributed by atoms with van der Waals surface area (Å²) in [7, 11) is 0. The van der Waals surface area contributed by atoms with E-state index in [0.717, 1.165) is 31.9 Å². The minimum absolute atomic E-state index is 0.00640. The average molecular weight is 239 g/mol. The van der Waals surface area contributed by atoms with E-state index in [1.54, 1.807) is 4.68 Å². The van der Waals surface area contributed by atoms with Crippen molar-refractivity contribution in [3.8, 4) is 0 Å². The molecule has 0 radical (unpaired) electrons. The van der Waals surface area contributed by atoms with E-state index in [1.165, 1.54) is 0 Å². The second kappa shape index (κ2) is 5.74. The van der Waals surface area contributed by atoms with Crippen LogP contribution in [0, 0.1) is 5.92 Å². The minimum Gasteiger partial charge on any atom is -0.381 e. The van der Waals surface area contributed by atoms with Crippen molar-refractivity contribution < 1.29 is 9.53 Å². The fourth-order valence-electron chi connectivity index (χ4n) is 1.76. The maximum absolute atomic E-state index is 11.0. The van der Waals surface area contributed by atoms with E-state index in [-0.39, 0.29) is 12.5 Å². The molecule has 1 fully saturated rings. The van der Waals surface area contributed by atoms with Crippen LogP contribution in [-0.4, -0.2) is 40.7 Å². The molecular weight excluding hydrogens is 222 g/mol. The maximum Gasteiger partial charge on any atom is 0.234 e. The van der Waals surface area contributed by atoms with Crippen LogP contribution in [0.1, 0.15) is 12.1 Å². The highest BCUT2D eigenvalue weighted by molar-refractivity contribution is 5.77. The summed E-state index contributed by atoms with van der Waals surface area (Å²) in [5.74, 6) is 0.326. The molecule has 2 rings (SSSR count). The second-order valence-electron chi connectivity index (χ2n) is 4.14. The van der Waals surface area contributed by atoms with Gasteiger partial charge in [0.05, 0.1) is 25.9 Å². The van der Waals surface area contributed by atoms with Gasteiger partial charge >= 0.3 is 0 Å². The van der Waals surface area contributed by atoms with E-state index in [1.807, 2.05) is 6.20 Å². The molecule has 1 aliphatic heterocycles. The van der Waals surface area contributed by atoms with Crippen LogP contribution in [0.5, 0.6) is 0 Å². The van der Waals surface area contributed by atoms with Gasteiger partial charge in [0.1, 0.15) is 5.69 Å². The van der Waals surface area contributed by atoms with Gasteiger partial charge < -0.3 is 15.8 Å². The lowest BCUT2D eigenvalue weighted by Gasteiger charge is -2.05. The summed E-state index contributed by atoms with van der Waals surface area (Å²) < 4.78 is 7.09. The van der Waals surface area contributed by atoms with Crippen LogP contribution in [0.25, 0.3) is 0 Å². The van der Waals surface area contributed by atoms with Crippen LogP contribution in [0.15, 0.2) is 6.20 Å². The molecule has 1 saturated heterocycles. The molecule has 3 N–H and O–H groups in total. The minimum atomic E-state index is -0.191. The molecule has 0 spiro atoms. The predicted octanol–water partition coefficient (Wildman–Crippen LogP) is -1.11. The highest BCUT2D eigenvalue weighted by atomic mass is 16.5. The zero-order valence-electron chi connectivity index (χ0n) is 9.63. The van der Waals surface area contributed by atoms with E-state index in [9.17, 15) is 4.79 Å².